The third kappa shape index (κ3) is 5.02. The summed E-state index contributed by atoms with van der Waals surface area (Å²) in [5, 5.41) is 11.7. The number of hydrogen-bond acceptors (Lipinski definition) is 4. The Kier molecular flexibility index (Phi) is 7.13. The van der Waals surface area contributed by atoms with E-state index in [1.807, 2.05) is 6.92 Å². The summed E-state index contributed by atoms with van der Waals surface area (Å²) in [7, 11) is -2.25. The van der Waals surface area contributed by atoms with E-state index in [0.29, 0.717) is 6.42 Å². The number of carbonyl (C=O) groups excluding carboxylic acids is 1. The molecular weight excluding hydrogens is 344 g/mol. The number of hydrogen-bond donors (Lipinski definition) is 2. The fourth-order valence-corrected chi connectivity index (χ4v) is 3.56. The van der Waals surface area contributed by atoms with E-state index in [1.165, 1.54) is 35.6 Å². The zero-order valence-corrected chi connectivity index (χ0v) is 16.0. The van der Waals surface area contributed by atoms with Gasteiger partial charge in [0.2, 0.25) is 10.0 Å². The van der Waals surface area contributed by atoms with Gasteiger partial charge in [0.15, 0.2) is 0 Å². The first-order chi connectivity index (χ1) is 11.5. The Hall–Kier alpha value is -1.93. The van der Waals surface area contributed by atoms with E-state index in [4.69, 9.17) is 0 Å². The van der Waals surface area contributed by atoms with Gasteiger partial charge in [-0.25, -0.2) is 13.2 Å². The second-order valence-corrected chi connectivity index (χ2v) is 8.32. The Labute approximate surface area is 149 Å². The van der Waals surface area contributed by atoms with Crippen LogP contribution in [0.15, 0.2) is 29.2 Å². The van der Waals surface area contributed by atoms with Crippen molar-refractivity contribution in [3.05, 3.63) is 29.8 Å². The van der Waals surface area contributed by atoms with Crippen LogP contribution in [0.5, 0.6) is 0 Å². The molecule has 1 amide bonds. The molecule has 0 radical (unpaired) electrons. The molecule has 0 saturated carbocycles. The van der Waals surface area contributed by atoms with Gasteiger partial charge >= 0.3 is 5.97 Å². The Morgan fingerprint density at radius 3 is 2.32 bits per heavy atom. The molecule has 7 nitrogen and oxygen atoms in total. The number of sulfonamides is 1. The van der Waals surface area contributed by atoms with Crippen LogP contribution in [0, 0.1) is 5.92 Å². The number of carboxylic acid groups (broad SMARTS) is 1. The van der Waals surface area contributed by atoms with E-state index in [0.717, 1.165) is 0 Å². The number of carboxylic acids is 1. The SMILES string of the molecule is CCC(C)C(NC(=O)c1cccc(S(=O)(=O)N(C)C(C)C)c1)C(=O)O. The Bertz CT molecular complexity index is 730. The van der Waals surface area contributed by atoms with Crippen molar-refractivity contribution < 1.29 is 23.1 Å². The zero-order valence-electron chi connectivity index (χ0n) is 15.2. The monoisotopic (exact) mass is 370 g/mol. The van der Waals surface area contributed by atoms with Crippen molar-refractivity contribution in [1.82, 2.24) is 9.62 Å². The van der Waals surface area contributed by atoms with Crippen molar-refractivity contribution in [2.75, 3.05) is 7.05 Å². The van der Waals surface area contributed by atoms with Crippen LogP contribution in [0.2, 0.25) is 0 Å². The molecule has 0 aliphatic heterocycles. The Morgan fingerprint density at radius 1 is 1.24 bits per heavy atom. The predicted octanol–water partition coefficient (Wildman–Crippen LogP) is 1.94. The number of nitrogens with zero attached hydrogens (tertiary/aromatic N) is 1. The minimum Gasteiger partial charge on any atom is -0.480 e. The molecule has 0 heterocycles. The largest absolute Gasteiger partial charge is 0.480 e. The topological polar surface area (TPSA) is 104 Å². The molecule has 25 heavy (non-hydrogen) atoms. The lowest BCUT2D eigenvalue weighted by Crippen LogP contribution is -2.45. The highest BCUT2D eigenvalue weighted by molar-refractivity contribution is 7.89. The van der Waals surface area contributed by atoms with Gasteiger partial charge in [-0.3, -0.25) is 4.79 Å². The van der Waals surface area contributed by atoms with Gasteiger partial charge in [0.25, 0.3) is 5.91 Å². The number of aliphatic carboxylic acids is 1. The molecule has 0 saturated heterocycles. The minimum atomic E-state index is -3.72. The maximum Gasteiger partial charge on any atom is 0.326 e. The molecule has 8 heteroatoms. The quantitative estimate of drug-likeness (QED) is 0.728. The lowest BCUT2D eigenvalue weighted by molar-refractivity contribution is -0.140. The molecule has 0 aromatic heterocycles. The number of benzene rings is 1. The summed E-state index contributed by atoms with van der Waals surface area (Å²) in [6, 6.07) is 4.34. The summed E-state index contributed by atoms with van der Waals surface area (Å²) in [6.45, 7) is 7.06. The first-order valence-electron chi connectivity index (χ1n) is 8.14. The average molecular weight is 370 g/mol. The van der Waals surface area contributed by atoms with Gasteiger partial charge in [-0.1, -0.05) is 26.3 Å². The molecule has 0 aliphatic carbocycles. The highest BCUT2D eigenvalue weighted by Gasteiger charge is 2.27. The summed E-state index contributed by atoms with van der Waals surface area (Å²) in [5.74, 6) is -1.98. The maximum absolute atomic E-state index is 12.5. The summed E-state index contributed by atoms with van der Waals surface area (Å²) >= 11 is 0. The first kappa shape index (κ1) is 21.1. The second kappa shape index (κ2) is 8.44. The van der Waals surface area contributed by atoms with E-state index in [1.54, 1.807) is 20.8 Å². The van der Waals surface area contributed by atoms with Crippen molar-refractivity contribution in [3.8, 4) is 0 Å². The van der Waals surface area contributed by atoms with Crippen LogP contribution in [-0.4, -0.2) is 48.8 Å². The van der Waals surface area contributed by atoms with Crippen molar-refractivity contribution >= 4 is 21.9 Å². The fourth-order valence-electron chi connectivity index (χ4n) is 2.15. The van der Waals surface area contributed by atoms with Gasteiger partial charge in [-0.15, -0.1) is 0 Å². The summed E-state index contributed by atoms with van der Waals surface area (Å²) in [4.78, 5) is 23.7. The predicted molar refractivity (Wildman–Crippen MR) is 94.9 cm³/mol. The highest BCUT2D eigenvalue weighted by Crippen LogP contribution is 2.18. The molecule has 0 aliphatic rings. The molecule has 2 N–H and O–H groups in total. The average Bonchev–Trinajstić information content (AvgIpc) is 2.57. The number of carbonyl (C=O) groups is 2. The third-order valence-electron chi connectivity index (χ3n) is 4.27. The van der Waals surface area contributed by atoms with Gasteiger partial charge in [-0.2, -0.15) is 4.31 Å². The molecule has 1 aromatic carbocycles. The molecule has 2 unspecified atom stereocenters. The Morgan fingerprint density at radius 2 is 1.84 bits per heavy atom. The van der Waals surface area contributed by atoms with Crippen molar-refractivity contribution in [2.45, 2.75) is 51.1 Å². The molecule has 1 rings (SSSR count). The van der Waals surface area contributed by atoms with E-state index < -0.39 is 27.9 Å². The van der Waals surface area contributed by atoms with Crippen LogP contribution in [0.25, 0.3) is 0 Å². The normalized spacial score (nSPS) is 14.4. The van der Waals surface area contributed by atoms with Gasteiger partial charge in [-0.05, 0) is 38.0 Å². The van der Waals surface area contributed by atoms with E-state index in [-0.39, 0.29) is 22.4 Å². The molecule has 1 aromatic rings. The number of amides is 1. The van der Waals surface area contributed by atoms with Crippen LogP contribution in [0.1, 0.15) is 44.5 Å². The number of rotatable bonds is 8. The van der Waals surface area contributed by atoms with Gasteiger partial charge in [0.1, 0.15) is 6.04 Å². The van der Waals surface area contributed by atoms with Crippen molar-refractivity contribution in [1.29, 1.82) is 0 Å². The molecule has 2 atom stereocenters. The van der Waals surface area contributed by atoms with Crippen molar-refractivity contribution in [2.24, 2.45) is 5.92 Å². The molecule has 0 fully saturated rings. The van der Waals surface area contributed by atoms with Gasteiger partial charge < -0.3 is 10.4 Å². The van der Waals surface area contributed by atoms with Crippen LogP contribution < -0.4 is 5.32 Å². The third-order valence-corrected chi connectivity index (χ3v) is 6.30. The van der Waals surface area contributed by atoms with E-state index in [9.17, 15) is 23.1 Å². The lowest BCUT2D eigenvalue weighted by Gasteiger charge is -2.22. The summed E-state index contributed by atoms with van der Waals surface area (Å²) in [6.07, 6.45) is 0.588. The van der Waals surface area contributed by atoms with Crippen LogP contribution in [0.4, 0.5) is 0 Å². The van der Waals surface area contributed by atoms with Gasteiger partial charge in [0.05, 0.1) is 4.90 Å². The van der Waals surface area contributed by atoms with Crippen LogP contribution in [-0.2, 0) is 14.8 Å². The van der Waals surface area contributed by atoms with E-state index in [2.05, 4.69) is 5.32 Å². The molecule has 0 spiro atoms. The molecule has 140 valence electrons. The highest BCUT2D eigenvalue weighted by atomic mass is 32.2. The minimum absolute atomic E-state index is 0.00763. The first-order valence-corrected chi connectivity index (χ1v) is 9.58. The van der Waals surface area contributed by atoms with Gasteiger partial charge in [0, 0.05) is 18.7 Å². The lowest BCUT2D eigenvalue weighted by atomic mass is 9.99. The summed E-state index contributed by atoms with van der Waals surface area (Å²) in [5.41, 5.74) is 0.104. The Balaban J connectivity index is 3.12. The molecule has 0 bridgehead atoms. The van der Waals surface area contributed by atoms with Crippen LogP contribution in [0.3, 0.4) is 0 Å². The smallest absolute Gasteiger partial charge is 0.326 e. The summed E-state index contributed by atoms with van der Waals surface area (Å²) < 4.78 is 26.3. The molecular formula is C17H26N2O5S. The number of nitrogens with one attached hydrogen (secondary N) is 1. The fraction of sp³-hybridized carbons (Fsp3) is 0.529. The van der Waals surface area contributed by atoms with Crippen molar-refractivity contribution in [3.63, 3.8) is 0 Å². The standard InChI is InChI=1S/C17H26N2O5S/c1-6-12(4)15(17(21)22)18-16(20)13-8-7-9-14(10-13)25(23,24)19(5)11(2)3/h7-12,15H,6H2,1-5H3,(H,18,20)(H,21,22). The van der Waals surface area contributed by atoms with E-state index >= 15 is 0 Å². The maximum atomic E-state index is 12.5. The van der Waals surface area contributed by atoms with Crippen LogP contribution >= 0.6 is 0 Å². The zero-order chi connectivity index (χ0) is 19.4. The second-order valence-electron chi connectivity index (χ2n) is 6.32.